The number of halogens is 1. The van der Waals surface area contributed by atoms with Crippen LogP contribution in [0.15, 0.2) is 30.5 Å². The molecule has 0 amide bonds. The summed E-state index contributed by atoms with van der Waals surface area (Å²) in [6.45, 7) is 5.58. The van der Waals surface area contributed by atoms with Crippen molar-refractivity contribution in [2.75, 3.05) is 24.5 Å². The minimum atomic E-state index is 0.653. The second-order valence-electron chi connectivity index (χ2n) is 6.96. The van der Waals surface area contributed by atoms with Crippen LogP contribution in [0.5, 0.6) is 0 Å². The standard InChI is InChI=1S/C19H24ClN3/c1-2-21-11-14-9-13-3-6-18(14)23(12-13)19-7-8-22-17-10-15(20)4-5-16(17)19/h4-5,7-8,10,13-14,18,21H,2-3,6,9,11-12H2,1H3. The van der Waals surface area contributed by atoms with Crippen molar-refractivity contribution in [3.05, 3.63) is 35.5 Å². The summed E-state index contributed by atoms with van der Waals surface area (Å²) in [5, 5.41) is 5.55. The van der Waals surface area contributed by atoms with Crippen molar-refractivity contribution < 1.29 is 0 Å². The molecular formula is C19H24ClN3. The minimum absolute atomic E-state index is 0.653. The van der Waals surface area contributed by atoms with E-state index in [1.54, 1.807) is 0 Å². The van der Waals surface area contributed by atoms with Gasteiger partial charge in [0.15, 0.2) is 0 Å². The smallest absolute Gasteiger partial charge is 0.0737 e. The molecule has 4 heteroatoms. The predicted octanol–water partition coefficient (Wildman–Crippen LogP) is 4.10. The minimum Gasteiger partial charge on any atom is -0.367 e. The monoisotopic (exact) mass is 329 g/mol. The average molecular weight is 330 g/mol. The van der Waals surface area contributed by atoms with Crippen LogP contribution in [0, 0.1) is 11.8 Å². The lowest BCUT2D eigenvalue weighted by Gasteiger charge is -2.51. The lowest BCUT2D eigenvalue weighted by atomic mass is 9.72. The van der Waals surface area contributed by atoms with Crippen LogP contribution >= 0.6 is 11.6 Å². The first kappa shape index (κ1) is 15.2. The molecule has 3 aliphatic rings. The SMILES string of the molecule is CCNCC1CC2CCC1N(c1ccnc3cc(Cl)ccc13)C2. The van der Waals surface area contributed by atoms with E-state index in [0.29, 0.717) is 6.04 Å². The fraction of sp³-hybridized carbons (Fsp3) is 0.526. The summed E-state index contributed by atoms with van der Waals surface area (Å²) in [5.74, 6) is 1.59. The number of nitrogens with one attached hydrogen (secondary N) is 1. The van der Waals surface area contributed by atoms with Crippen LogP contribution < -0.4 is 10.2 Å². The Morgan fingerprint density at radius 2 is 2.22 bits per heavy atom. The normalized spacial score (nSPS) is 26.9. The zero-order valence-electron chi connectivity index (χ0n) is 13.6. The Morgan fingerprint density at radius 3 is 3.04 bits per heavy atom. The third-order valence-electron chi connectivity index (χ3n) is 5.55. The number of hydrogen-bond donors (Lipinski definition) is 1. The van der Waals surface area contributed by atoms with Crippen LogP contribution in [-0.4, -0.2) is 30.7 Å². The van der Waals surface area contributed by atoms with E-state index in [1.165, 1.54) is 36.9 Å². The van der Waals surface area contributed by atoms with E-state index in [9.17, 15) is 0 Å². The average Bonchev–Trinajstić information content (AvgIpc) is 2.59. The summed E-state index contributed by atoms with van der Waals surface area (Å²) in [6, 6.07) is 8.91. The van der Waals surface area contributed by atoms with Gasteiger partial charge in [0.05, 0.1) is 5.52 Å². The molecule has 2 bridgehead atoms. The highest BCUT2D eigenvalue weighted by molar-refractivity contribution is 6.31. The number of piperidine rings is 2. The molecule has 1 aromatic carbocycles. The summed E-state index contributed by atoms with van der Waals surface area (Å²) in [7, 11) is 0. The summed E-state index contributed by atoms with van der Waals surface area (Å²) >= 11 is 6.14. The van der Waals surface area contributed by atoms with Crippen molar-refractivity contribution in [3.8, 4) is 0 Å². The van der Waals surface area contributed by atoms with E-state index in [-0.39, 0.29) is 0 Å². The molecule has 3 nitrogen and oxygen atoms in total. The molecule has 23 heavy (non-hydrogen) atoms. The van der Waals surface area contributed by atoms with Crippen LogP contribution in [0.2, 0.25) is 5.02 Å². The Kier molecular flexibility index (Phi) is 4.16. The van der Waals surface area contributed by atoms with E-state index in [4.69, 9.17) is 11.6 Å². The quantitative estimate of drug-likeness (QED) is 0.915. The van der Waals surface area contributed by atoms with Gasteiger partial charge in [-0.3, -0.25) is 4.98 Å². The van der Waals surface area contributed by atoms with Gasteiger partial charge in [-0.1, -0.05) is 18.5 Å². The Balaban J connectivity index is 1.70. The van der Waals surface area contributed by atoms with Crippen LogP contribution in [-0.2, 0) is 0 Å². The van der Waals surface area contributed by atoms with Gasteiger partial charge < -0.3 is 10.2 Å². The number of benzene rings is 1. The van der Waals surface area contributed by atoms with E-state index >= 15 is 0 Å². The molecule has 2 aliphatic heterocycles. The molecule has 3 atom stereocenters. The molecule has 1 saturated carbocycles. The molecule has 1 N–H and O–H groups in total. The van der Waals surface area contributed by atoms with Gasteiger partial charge in [0.2, 0.25) is 0 Å². The van der Waals surface area contributed by atoms with E-state index in [0.717, 1.165) is 35.5 Å². The fourth-order valence-corrected chi connectivity index (χ4v) is 4.68. The summed E-state index contributed by atoms with van der Waals surface area (Å²) in [5.41, 5.74) is 2.34. The van der Waals surface area contributed by atoms with Gasteiger partial charge in [-0.15, -0.1) is 0 Å². The maximum absolute atomic E-state index is 6.14. The lowest BCUT2D eigenvalue weighted by molar-refractivity contribution is 0.169. The molecule has 3 fully saturated rings. The molecule has 0 radical (unpaired) electrons. The van der Waals surface area contributed by atoms with Crippen LogP contribution in [0.1, 0.15) is 26.2 Å². The van der Waals surface area contributed by atoms with Crippen molar-refractivity contribution in [2.45, 2.75) is 32.2 Å². The second-order valence-corrected chi connectivity index (χ2v) is 7.39. The number of aromatic nitrogens is 1. The first-order valence-corrected chi connectivity index (χ1v) is 9.15. The van der Waals surface area contributed by atoms with Gasteiger partial charge in [-0.2, -0.15) is 0 Å². The predicted molar refractivity (Wildman–Crippen MR) is 97.3 cm³/mol. The highest BCUT2D eigenvalue weighted by Crippen LogP contribution is 2.42. The van der Waals surface area contributed by atoms with Crippen molar-refractivity contribution in [3.63, 3.8) is 0 Å². The number of hydrogen-bond acceptors (Lipinski definition) is 3. The topological polar surface area (TPSA) is 28.2 Å². The molecule has 1 aromatic heterocycles. The maximum Gasteiger partial charge on any atom is 0.0737 e. The first-order valence-electron chi connectivity index (χ1n) is 8.78. The zero-order valence-corrected chi connectivity index (χ0v) is 14.4. The number of nitrogens with zero attached hydrogens (tertiary/aromatic N) is 2. The second kappa shape index (κ2) is 6.29. The third kappa shape index (κ3) is 2.81. The van der Waals surface area contributed by atoms with Crippen molar-refractivity contribution in [2.24, 2.45) is 11.8 Å². The summed E-state index contributed by atoms with van der Waals surface area (Å²) in [4.78, 5) is 7.16. The maximum atomic E-state index is 6.14. The molecular weight excluding hydrogens is 306 g/mol. The van der Waals surface area contributed by atoms with Gasteiger partial charge in [-0.25, -0.2) is 0 Å². The molecule has 1 aliphatic carbocycles. The fourth-order valence-electron chi connectivity index (χ4n) is 4.52. The van der Waals surface area contributed by atoms with Gasteiger partial charge in [-0.05, 0) is 68.5 Å². The molecule has 2 saturated heterocycles. The summed E-state index contributed by atoms with van der Waals surface area (Å²) in [6.07, 6.45) is 6.01. The molecule has 0 spiro atoms. The highest BCUT2D eigenvalue weighted by atomic mass is 35.5. The van der Waals surface area contributed by atoms with Crippen LogP contribution in [0.4, 0.5) is 5.69 Å². The largest absolute Gasteiger partial charge is 0.367 e. The first-order chi connectivity index (χ1) is 11.3. The van der Waals surface area contributed by atoms with Crippen molar-refractivity contribution in [1.82, 2.24) is 10.3 Å². The molecule has 2 aromatic rings. The van der Waals surface area contributed by atoms with Gasteiger partial charge in [0, 0.05) is 34.9 Å². The number of rotatable bonds is 4. The number of pyridine rings is 1. The molecule has 5 rings (SSSR count). The number of fused-ring (bicyclic) bond motifs is 4. The van der Waals surface area contributed by atoms with Gasteiger partial charge >= 0.3 is 0 Å². The van der Waals surface area contributed by atoms with Crippen LogP contribution in [0.3, 0.4) is 0 Å². The Labute approximate surface area is 143 Å². The third-order valence-corrected chi connectivity index (χ3v) is 5.79. The Hall–Kier alpha value is -1.32. The van der Waals surface area contributed by atoms with Gasteiger partial charge in [0.25, 0.3) is 0 Å². The van der Waals surface area contributed by atoms with Crippen LogP contribution in [0.25, 0.3) is 10.9 Å². The molecule has 3 heterocycles. The van der Waals surface area contributed by atoms with Gasteiger partial charge in [0.1, 0.15) is 0 Å². The zero-order chi connectivity index (χ0) is 15.8. The Morgan fingerprint density at radius 1 is 1.30 bits per heavy atom. The highest BCUT2D eigenvalue weighted by Gasteiger charge is 2.40. The lowest BCUT2D eigenvalue weighted by Crippen LogP contribution is -2.55. The van der Waals surface area contributed by atoms with Crippen molar-refractivity contribution in [1.29, 1.82) is 0 Å². The molecule has 3 unspecified atom stereocenters. The summed E-state index contributed by atoms with van der Waals surface area (Å²) < 4.78 is 0. The van der Waals surface area contributed by atoms with E-state index < -0.39 is 0 Å². The number of anilines is 1. The molecule has 122 valence electrons. The van der Waals surface area contributed by atoms with E-state index in [2.05, 4.69) is 34.3 Å². The Bertz CT molecular complexity index is 702. The van der Waals surface area contributed by atoms with E-state index in [1.807, 2.05) is 18.3 Å². The van der Waals surface area contributed by atoms with Crippen molar-refractivity contribution >= 4 is 28.2 Å².